The summed E-state index contributed by atoms with van der Waals surface area (Å²) in [5.74, 6) is 1.56. The molecule has 2 fully saturated rings. The molecule has 2 N–H and O–H groups in total. The second-order valence-electron chi connectivity index (χ2n) is 6.58. The van der Waals surface area contributed by atoms with E-state index in [-0.39, 0.29) is 11.8 Å². The fraction of sp³-hybridized carbons (Fsp3) is 0.444. The molecule has 0 spiro atoms. The summed E-state index contributed by atoms with van der Waals surface area (Å²) in [5, 5.41) is 5.34. The number of para-hydroxylation sites is 1. The fourth-order valence-electron chi connectivity index (χ4n) is 4.08. The molecule has 22 heavy (non-hydrogen) atoms. The lowest BCUT2D eigenvalue weighted by atomic mass is 10.0. The van der Waals surface area contributed by atoms with E-state index in [9.17, 15) is 4.79 Å². The van der Waals surface area contributed by atoms with Crippen molar-refractivity contribution in [3.8, 4) is 0 Å². The van der Waals surface area contributed by atoms with Crippen molar-refractivity contribution >= 4 is 23.0 Å². The van der Waals surface area contributed by atoms with Gasteiger partial charge in [0.2, 0.25) is 5.91 Å². The number of aromatic nitrogens is 1. The number of nitrogens with zero attached hydrogens (tertiary/aromatic N) is 1. The molecule has 0 unspecified atom stereocenters. The quantitative estimate of drug-likeness (QED) is 0.662. The monoisotopic (exact) mass is 295 g/mol. The van der Waals surface area contributed by atoms with E-state index in [1.807, 2.05) is 25.1 Å². The van der Waals surface area contributed by atoms with Crippen LogP contribution >= 0.6 is 0 Å². The highest BCUT2D eigenvalue weighted by Crippen LogP contribution is 2.55. The van der Waals surface area contributed by atoms with Gasteiger partial charge in [-0.25, -0.2) is 5.43 Å². The third-order valence-electron chi connectivity index (χ3n) is 5.27. The Morgan fingerprint density at radius 1 is 1.27 bits per heavy atom. The van der Waals surface area contributed by atoms with Crippen LogP contribution in [0, 0.1) is 24.7 Å². The third kappa shape index (κ3) is 2.23. The van der Waals surface area contributed by atoms with E-state index < -0.39 is 0 Å². The smallest absolute Gasteiger partial charge is 0.243 e. The van der Waals surface area contributed by atoms with Crippen LogP contribution in [0.2, 0.25) is 0 Å². The SMILES string of the molecule is Cc1[nH]c2ccccc2c1/C=N/NC(=O)C1[C@H]2CCCC[C@H]12. The van der Waals surface area contributed by atoms with Crippen LogP contribution in [-0.2, 0) is 4.79 Å². The molecule has 1 amide bonds. The van der Waals surface area contributed by atoms with Crippen molar-refractivity contribution in [1.29, 1.82) is 0 Å². The Kier molecular flexibility index (Phi) is 3.25. The van der Waals surface area contributed by atoms with Crippen molar-refractivity contribution in [2.45, 2.75) is 32.6 Å². The van der Waals surface area contributed by atoms with E-state index in [1.54, 1.807) is 6.21 Å². The molecule has 2 atom stereocenters. The van der Waals surface area contributed by atoms with Crippen molar-refractivity contribution in [1.82, 2.24) is 10.4 Å². The van der Waals surface area contributed by atoms with Gasteiger partial charge in [0.05, 0.1) is 6.21 Å². The first kappa shape index (κ1) is 13.6. The standard InChI is InChI=1S/C18H21N3O/c1-11-15(12-6-4-5-9-16(12)20-11)10-19-21-18(22)17-13-7-2-3-8-14(13)17/h4-6,9-10,13-14,17,20H,2-3,7-8H2,1H3,(H,21,22)/b19-10+/t13-,14-/m0/s1. The molecule has 1 aromatic heterocycles. The van der Waals surface area contributed by atoms with Gasteiger partial charge in [0.15, 0.2) is 0 Å². The molecular weight excluding hydrogens is 274 g/mol. The number of aryl methyl sites for hydroxylation is 1. The molecule has 0 saturated heterocycles. The van der Waals surface area contributed by atoms with Gasteiger partial charge in [-0.3, -0.25) is 4.79 Å². The van der Waals surface area contributed by atoms with Gasteiger partial charge in [-0.1, -0.05) is 31.0 Å². The highest BCUT2D eigenvalue weighted by atomic mass is 16.2. The first-order valence-electron chi connectivity index (χ1n) is 8.16. The summed E-state index contributed by atoms with van der Waals surface area (Å²) >= 11 is 0. The number of aromatic amines is 1. The molecule has 4 nitrogen and oxygen atoms in total. The summed E-state index contributed by atoms with van der Waals surface area (Å²) in [6.07, 6.45) is 6.76. The molecule has 2 aliphatic carbocycles. The molecule has 4 heteroatoms. The molecule has 2 aliphatic rings. The largest absolute Gasteiger partial charge is 0.358 e. The van der Waals surface area contributed by atoms with Gasteiger partial charge in [-0.15, -0.1) is 0 Å². The van der Waals surface area contributed by atoms with Crippen molar-refractivity contribution < 1.29 is 4.79 Å². The van der Waals surface area contributed by atoms with Crippen LogP contribution in [0.15, 0.2) is 29.4 Å². The average molecular weight is 295 g/mol. The minimum absolute atomic E-state index is 0.102. The summed E-state index contributed by atoms with van der Waals surface area (Å²) in [4.78, 5) is 15.6. The number of carbonyl (C=O) groups excluding carboxylic acids is 1. The second kappa shape index (κ2) is 5.27. The number of hydrazone groups is 1. The van der Waals surface area contributed by atoms with Gasteiger partial charge in [-0.2, -0.15) is 5.10 Å². The van der Waals surface area contributed by atoms with Crippen LogP contribution in [0.25, 0.3) is 10.9 Å². The number of fused-ring (bicyclic) bond motifs is 2. The maximum atomic E-state index is 12.2. The summed E-state index contributed by atoms with van der Waals surface area (Å²) in [5.41, 5.74) is 5.96. The Hall–Kier alpha value is -2.10. The van der Waals surface area contributed by atoms with E-state index in [0.717, 1.165) is 22.2 Å². The molecule has 2 saturated carbocycles. The van der Waals surface area contributed by atoms with Crippen LogP contribution in [0.4, 0.5) is 0 Å². The topological polar surface area (TPSA) is 57.2 Å². The Morgan fingerprint density at radius 2 is 2.00 bits per heavy atom. The summed E-state index contributed by atoms with van der Waals surface area (Å²) in [7, 11) is 0. The Bertz CT molecular complexity index is 734. The third-order valence-corrected chi connectivity index (χ3v) is 5.27. The second-order valence-corrected chi connectivity index (χ2v) is 6.58. The van der Waals surface area contributed by atoms with Gasteiger partial charge in [0, 0.05) is 28.1 Å². The zero-order valence-electron chi connectivity index (χ0n) is 12.8. The number of H-pyrrole nitrogens is 1. The molecule has 0 bridgehead atoms. The highest BCUT2D eigenvalue weighted by Gasteiger charge is 2.54. The zero-order valence-corrected chi connectivity index (χ0v) is 12.8. The van der Waals surface area contributed by atoms with Gasteiger partial charge >= 0.3 is 0 Å². The Labute approximate surface area is 130 Å². The number of hydrogen-bond donors (Lipinski definition) is 2. The lowest BCUT2D eigenvalue weighted by Gasteiger charge is -2.04. The van der Waals surface area contributed by atoms with Crippen molar-refractivity contribution in [2.75, 3.05) is 0 Å². The van der Waals surface area contributed by atoms with Crippen molar-refractivity contribution in [3.63, 3.8) is 0 Å². The van der Waals surface area contributed by atoms with E-state index in [0.29, 0.717) is 11.8 Å². The molecular formula is C18H21N3O. The number of carbonyl (C=O) groups is 1. The predicted octanol–water partition coefficient (Wildman–Crippen LogP) is 3.36. The van der Waals surface area contributed by atoms with Crippen molar-refractivity contribution in [2.24, 2.45) is 22.9 Å². The molecule has 2 aromatic rings. The van der Waals surface area contributed by atoms with Crippen LogP contribution in [0.3, 0.4) is 0 Å². The molecule has 114 valence electrons. The maximum absolute atomic E-state index is 12.2. The first-order valence-corrected chi connectivity index (χ1v) is 8.16. The van der Waals surface area contributed by atoms with Crippen LogP contribution in [0.5, 0.6) is 0 Å². The van der Waals surface area contributed by atoms with Crippen LogP contribution in [0.1, 0.15) is 36.9 Å². The number of hydrogen-bond acceptors (Lipinski definition) is 2. The normalized spacial score (nSPS) is 27.0. The molecule has 0 radical (unpaired) electrons. The molecule has 0 aliphatic heterocycles. The van der Waals surface area contributed by atoms with Crippen LogP contribution in [-0.4, -0.2) is 17.1 Å². The zero-order chi connectivity index (χ0) is 15.1. The van der Waals surface area contributed by atoms with E-state index in [4.69, 9.17) is 0 Å². The minimum atomic E-state index is 0.102. The number of nitrogens with one attached hydrogen (secondary N) is 2. The van der Waals surface area contributed by atoms with Crippen molar-refractivity contribution in [3.05, 3.63) is 35.5 Å². The van der Waals surface area contributed by atoms with E-state index in [2.05, 4.69) is 21.6 Å². The van der Waals surface area contributed by atoms with Gasteiger partial charge < -0.3 is 4.98 Å². The summed E-state index contributed by atoms with van der Waals surface area (Å²) in [6, 6.07) is 8.14. The number of benzene rings is 1. The molecule has 1 aromatic carbocycles. The Morgan fingerprint density at radius 3 is 2.77 bits per heavy atom. The summed E-state index contributed by atoms with van der Waals surface area (Å²) < 4.78 is 0. The maximum Gasteiger partial charge on any atom is 0.243 e. The van der Waals surface area contributed by atoms with Gasteiger partial charge in [-0.05, 0) is 37.7 Å². The predicted molar refractivity (Wildman–Crippen MR) is 87.7 cm³/mol. The highest BCUT2D eigenvalue weighted by molar-refractivity contribution is 6.00. The minimum Gasteiger partial charge on any atom is -0.358 e. The summed E-state index contributed by atoms with van der Waals surface area (Å²) in [6.45, 7) is 2.03. The number of amides is 1. The average Bonchev–Trinajstić information content (AvgIpc) is 3.18. The van der Waals surface area contributed by atoms with Gasteiger partial charge in [0.25, 0.3) is 0 Å². The molecule has 4 rings (SSSR count). The Balaban J connectivity index is 1.45. The lowest BCUT2D eigenvalue weighted by Crippen LogP contribution is -2.20. The van der Waals surface area contributed by atoms with Crippen LogP contribution < -0.4 is 5.43 Å². The fourth-order valence-corrected chi connectivity index (χ4v) is 4.08. The van der Waals surface area contributed by atoms with Gasteiger partial charge in [0.1, 0.15) is 0 Å². The van der Waals surface area contributed by atoms with E-state index >= 15 is 0 Å². The molecule has 1 heterocycles. The first-order chi connectivity index (χ1) is 10.8. The van der Waals surface area contributed by atoms with E-state index in [1.165, 1.54) is 25.7 Å². The lowest BCUT2D eigenvalue weighted by molar-refractivity contribution is -0.122. The number of rotatable bonds is 3.